The van der Waals surface area contributed by atoms with E-state index in [0.717, 1.165) is 0 Å². The maximum absolute atomic E-state index is 12.1. The van der Waals surface area contributed by atoms with Crippen molar-refractivity contribution >= 4 is 15.8 Å². The van der Waals surface area contributed by atoms with Crippen LogP contribution in [0, 0.1) is 6.92 Å². The molecule has 18 heavy (non-hydrogen) atoms. The van der Waals surface area contributed by atoms with Gasteiger partial charge in [0.15, 0.2) is 9.84 Å². The summed E-state index contributed by atoms with van der Waals surface area (Å²) in [6.07, 6.45) is 0. The monoisotopic (exact) mass is 270 g/mol. The van der Waals surface area contributed by atoms with E-state index >= 15 is 0 Å². The minimum atomic E-state index is -3.43. The van der Waals surface area contributed by atoms with Crippen molar-refractivity contribution in [1.82, 2.24) is 0 Å². The largest absolute Gasteiger partial charge is 0.491 e. The number of hydrogen-bond donors (Lipinski definition) is 0. The van der Waals surface area contributed by atoms with Crippen LogP contribution in [0.25, 0.3) is 0 Å². The van der Waals surface area contributed by atoms with E-state index in [2.05, 4.69) is 4.74 Å². The average molecular weight is 270 g/mol. The topological polar surface area (TPSA) is 69.7 Å². The number of methoxy groups -OCH3 is 1. The Morgan fingerprint density at radius 1 is 1.44 bits per heavy atom. The molecule has 2 rings (SSSR count). The van der Waals surface area contributed by atoms with Crippen molar-refractivity contribution < 1.29 is 22.7 Å². The van der Waals surface area contributed by atoms with E-state index in [1.807, 2.05) is 0 Å². The van der Waals surface area contributed by atoms with Gasteiger partial charge in [0.1, 0.15) is 17.3 Å². The normalized spacial score (nSPS) is 20.7. The second-order valence-electron chi connectivity index (χ2n) is 4.27. The first-order chi connectivity index (χ1) is 8.37. The van der Waals surface area contributed by atoms with Crippen LogP contribution in [0.4, 0.5) is 0 Å². The molecule has 0 aliphatic carbocycles. The smallest absolute Gasteiger partial charge is 0.338 e. The summed E-state index contributed by atoms with van der Waals surface area (Å²) in [5.74, 6) is -0.248. The van der Waals surface area contributed by atoms with Gasteiger partial charge in [0.05, 0.1) is 17.9 Å². The molecule has 0 saturated carbocycles. The van der Waals surface area contributed by atoms with Crippen molar-refractivity contribution in [2.24, 2.45) is 0 Å². The third kappa shape index (κ3) is 1.86. The molecule has 1 aliphatic rings. The van der Waals surface area contributed by atoms with Crippen LogP contribution in [-0.2, 0) is 14.6 Å². The Labute approximate surface area is 106 Å². The molecular weight excluding hydrogens is 256 g/mol. The molecule has 1 aromatic rings. The number of hydrogen-bond acceptors (Lipinski definition) is 5. The van der Waals surface area contributed by atoms with Crippen LogP contribution < -0.4 is 4.74 Å². The zero-order chi connectivity index (χ0) is 13.5. The zero-order valence-electron chi connectivity index (χ0n) is 10.4. The van der Waals surface area contributed by atoms with Gasteiger partial charge >= 0.3 is 5.97 Å². The van der Waals surface area contributed by atoms with Gasteiger partial charge in [-0.05, 0) is 31.5 Å². The Bertz CT molecular complexity index is 603. The molecule has 0 spiro atoms. The molecule has 6 heteroatoms. The third-order valence-electron chi connectivity index (χ3n) is 3.01. The van der Waals surface area contributed by atoms with E-state index in [9.17, 15) is 13.2 Å². The SMILES string of the molecule is COC(=O)c1cc2c(cc1C)OCC(C)S2(=O)=O. The lowest BCUT2D eigenvalue weighted by atomic mass is 10.1. The predicted molar refractivity (Wildman–Crippen MR) is 64.7 cm³/mol. The molecule has 98 valence electrons. The summed E-state index contributed by atoms with van der Waals surface area (Å²) in [6, 6.07) is 2.90. The number of carbonyl (C=O) groups is 1. The Morgan fingerprint density at radius 3 is 2.72 bits per heavy atom. The van der Waals surface area contributed by atoms with Crippen molar-refractivity contribution in [3.63, 3.8) is 0 Å². The van der Waals surface area contributed by atoms with Gasteiger partial charge in [0.2, 0.25) is 0 Å². The first-order valence-electron chi connectivity index (χ1n) is 5.47. The van der Waals surface area contributed by atoms with Crippen LogP contribution in [-0.4, -0.2) is 33.4 Å². The molecular formula is C12H14O5S. The van der Waals surface area contributed by atoms with Crippen LogP contribution in [0.3, 0.4) is 0 Å². The van der Waals surface area contributed by atoms with Gasteiger partial charge in [-0.3, -0.25) is 0 Å². The molecule has 1 heterocycles. The fraction of sp³-hybridized carbons (Fsp3) is 0.417. The maximum atomic E-state index is 12.1. The first kappa shape index (κ1) is 12.9. The molecule has 0 saturated heterocycles. The van der Waals surface area contributed by atoms with E-state index in [1.165, 1.54) is 13.2 Å². The quantitative estimate of drug-likeness (QED) is 0.720. The molecule has 0 bridgehead atoms. The van der Waals surface area contributed by atoms with Gasteiger partial charge in [0.25, 0.3) is 0 Å². The highest BCUT2D eigenvalue weighted by Gasteiger charge is 2.33. The van der Waals surface area contributed by atoms with E-state index in [1.54, 1.807) is 19.9 Å². The van der Waals surface area contributed by atoms with E-state index in [0.29, 0.717) is 11.3 Å². The molecule has 0 N–H and O–H groups in total. The van der Waals surface area contributed by atoms with E-state index in [4.69, 9.17) is 4.74 Å². The summed E-state index contributed by atoms with van der Waals surface area (Å²) in [4.78, 5) is 11.6. The lowest BCUT2D eigenvalue weighted by Crippen LogP contribution is -2.30. The molecule has 5 nitrogen and oxygen atoms in total. The van der Waals surface area contributed by atoms with Crippen LogP contribution in [0.5, 0.6) is 5.75 Å². The summed E-state index contributed by atoms with van der Waals surface area (Å²) in [5.41, 5.74) is 0.878. The minimum Gasteiger partial charge on any atom is -0.491 e. The molecule has 1 aliphatic heterocycles. The molecule has 1 atom stereocenters. The number of ether oxygens (including phenoxy) is 2. The predicted octanol–water partition coefficient (Wildman–Crippen LogP) is 1.34. The van der Waals surface area contributed by atoms with Crippen LogP contribution in [0.2, 0.25) is 0 Å². The van der Waals surface area contributed by atoms with E-state index in [-0.39, 0.29) is 17.1 Å². The van der Waals surface area contributed by atoms with Gasteiger partial charge in [-0.1, -0.05) is 0 Å². The second-order valence-corrected chi connectivity index (χ2v) is 6.61. The zero-order valence-corrected chi connectivity index (χ0v) is 11.2. The highest BCUT2D eigenvalue weighted by molar-refractivity contribution is 7.92. The number of rotatable bonds is 1. The van der Waals surface area contributed by atoms with Crippen molar-refractivity contribution in [1.29, 1.82) is 0 Å². The van der Waals surface area contributed by atoms with Gasteiger partial charge < -0.3 is 9.47 Å². The number of aryl methyl sites for hydroxylation is 1. The highest BCUT2D eigenvalue weighted by Crippen LogP contribution is 2.34. The fourth-order valence-corrected chi connectivity index (χ4v) is 3.20. The third-order valence-corrected chi connectivity index (χ3v) is 5.13. The number of esters is 1. The second kappa shape index (κ2) is 4.28. The summed E-state index contributed by atoms with van der Waals surface area (Å²) in [6.45, 7) is 3.42. The Kier molecular flexibility index (Phi) is 3.06. The Morgan fingerprint density at radius 2 is 2.11 bits per heavy atom. The first-order valence-corrected chi connectivity index (χ1v) is 7.02. The maximum Gasteiger partial charge on any atom is 0.338 e. The van der Waals surface area contributed by atoms with Crippen LogP contribution >= 0.6 is 0 Å². The standard InChI is InChI=1S/C12H14O5S/c1-7-4-10-11(5-9(7)12(13)16-3)18(14,15)8(2)6-17-10/h4-5,8H,6H2,1-3H3. The summed E-state index contributed by atoms with van der Waals surface area (Å²) < 4.78 is 34.3. The number of sulfone groups is 1. The van der Waals surface area contributed by atoms with Gasteiger partial charge in [-0.15, -0.1) is 0 Å². The summed E-state index contributed by atoms with van der Waals surface area (Å²) in [7, 11) is -2.18. The molecule has 0 amide bonds. The Hall–Kier alpha value is -1.56. The van der Waals surface area contributed by atoms with Crippen LogP contribution in [0.15, 0.2) is 17.0 Å². The van der Waals surface area contributed by atoms with Crippen molar-refractivity contribution in [2.75, 3.05) is 13.7 Å². The minimum absolute atomic E-state index is 0.0623. The average Bonchev–Trinajstić information content (AvgIpc) is 2.33. The highest BCUT2D eigenvalue weighted by atomic mass is 32.2. The lowest BCUT2D eigenvalue weighted by Gasteiger charge is -2.23. The van der Waals surface area contributed by atoms with Crippen LogP contribution in [0.1, 0.15) is 22.8 Å². The van der Waals surface area contributed by atoms with E-state index < -0.39 is 21.1 Å². The van der Waals surface area contributed by atoms with Crippen molar-refractivity contribution in [2.45, 2.75) is 24.0 Å². The number of carbonyl (C=O) groups excluding carboxylic acids is 1. The summed E-state index contributed by atoms with van der Waals surface area (Å²) in [5, 5.41) is -0.613. The molecule has 0 aromatic heterocycles. The molecule has 0 radical (unpaired) electrons. The van der Waals surface area contributed by atoms with Gasteiger partial charge in [-0.2, -0.15) is 0 Å². The molecule has 1 unspecified atom stereocenters. The van der Waals surface area contributed by atoms with Crippen molar-refractivity contribution in [3.05, 3.63) is 23.3 Å². The number of benzene rings is 1. The molecule has 1 aromatic carbocycles. The Balaban J connectivity index is 2.67. The van der Waals surface area contributed by atoms with Gasteiger partial charge in [0, 0.05) is 0 Å². The van der Waals surface area contributed by atoms with Crippen molar-refractivity contribution in [3.8, 4) is 5.75 Å². The number of fused-ring (bicyclic) bond motifs is 1. The summed E-state index contributed by atoms with van der Waals surface area (Å²) >= 11 is 0. The molecule has 0 fully saturated rings. The lowest BCUT2D eigenvalue weighted by molar-refractivity contribution is 0.0599. The van der Waals surface area contributed by atoms with Gasteiger partial charge in [-0.25, -0.2) is 13.2 Å². The fourth-order valence-electron chi connectivity index (χ4n) is 1.84.